The normalized spacial score (nSPS) is 37.2. The van der Waals surface area contributed by atoms with Gasteiger partial charge in [-0.25, -0.2) is 0 Å². The van der Waals surface area contributed by atoms with Crippen LogP contribution in [0.2, 0.25) is 4.05 Å². The van der Waals surface area contributed by atoms with Crippen LogP contribution in [0.1, 0.15) is 39.5 Å². The first-order valence-electron chi connectivity index (χ1n) is 4.85. The van der Waals surface area contributed by atoms with Crippen LogP contribution in [-0.4, -0.2) is 18.2 Å². The molecule has 0 bridgehead atoms. The van der Waals surface area contributed by atoms with Crippen LogP contribution in [0.25, 0.3) is 0 Å². The Hall–Kier alpha value is 1.25. The van der Waals surface area contributed by atoms with Crippen LogP contribution in [0.3, 0.4) is 0 Å². The summed E-state index contributed by atoms with van der Waals surface area (Å²) in [6, 6.07) is 0. The third-order valence-corrected chi connectivity index (χ3v) is 7.24. The van der Waals surface area contributed by atoms with Crippen LogP contribution in [0.5, 0.6) is 0 Å². The molecule has 0 N–H and O–H groups in total. The zero-order chi connectivity index (χ0) is 8.27. The van der Waals surface area contributed by atoms with Crippen LogP contribution in [0, 0.1) is 11.8 Å². The van der Waals surface area contributed by atoms with E-state index in [0.717, 1.165) is 15.9 Å². The van der Waals surface area contributed by atoms with E-state index in [2.05, 4.69) is 26.7 Å². The Balaban J connectivity index is 2.40. The molecule has 2 heteroatoms. The SMILES string of the molecule is CCCC1CCC(C)[CH]1[Mg][Br]. The molecule has 0 aromatic carbocycles. The summed E-state index contributed by atoms with van der Waals surface area (Å²) in [5.74, 6) is 2.11. The maximum absolute atomic E-state index is 3.77. The second-order valence-corrected chi connectivity index (χ2v) is 7.12. The molecule has 0 aliphatic heterocycles. The molecule has 1 aliphatic rings. The van der Waals surface area contributed by atoms with Gasteiger partial charge in [0, 0.05) is 0 Å². The van der Waals surface area contributed by atoms with Crippen molar-refractivity contribution in [3.8, 4) is 0 Å². The Morgan fingerprint density at radius 1 is 1.45 bits per heavy atom. The Labute approximate surface area is 86.1 Å². The highest BCUT2D eigenvalue weighted by atomic mass is 79.9. The minimum absolute atomic E-state index is 0.0877. The number of rotatable bonds is 3. The third kappa shape index (κ3) is 2.60. The molecule has 3 atom stereocenters. The molecule has 0 amide bonds. The Morgan fingerprint density at radius 3 is 2.73 bits per heavy atom. The topological polar surface area (TPSA) is 0 Å². The minimum Gasteiger partial charge on any atom is -0.306 e. The summed E-state index contributed by atoms with van der Waals surface area (Å²) < 4.78 is 1.11. The van der Waals surface area contributed by atoms with E-state index in [1.54, 1.807) is 0 Å². The Kier molecular flexibility index (Phi) is 4.77. The van der Waals surface area contributed by atoms with Crippen LogP contribution in [0.15, 0.2) is 0 Å². The molecule has 0 heterocycles. The molecule has 1 aliphatic carbocycles. The molecule has 3 unspecified atom stereocenters. The zero-order valence-electron chi connectivity index (χ0n) is 7.65. The van der Waals surface area contributed by atoms with Crippen molar-refractivity contribution in [1.29, 1.82) is 0 Å². The second kappa shape index (κ2) is 5.08. The fourth-order valence-corrected chi connectivity index (χ4v) is 7.14. The van der Waals surface area contributed by atoms with Crippen molar-refractivity contribution >= 4 is 31.1 Å². The lowest BCUT2D eigenvalue weighted by Gasteiger charge is -2.19. The summed E-state index contributed by atoms with van der Waals surface area (Å²) in [7, 11) is 0. The van der Waals surface area contributed by atoms with Crippen molar-refractivity contribution in [1.82, 2.24) is 0 Å². The fraction of sp³-hybridized carbons (Fsp3) is 1.00. The van der Waals surface area contributed by atoms with Gasteiger partial charge in [0.05, 0.1) is 0 Å². The molecule has 0 radical (unpaired) electrons. The van der Waals surface area contributed by atoms with Crippen molar-refractivity contribution in [3.05, 3.63) is 0 Å². The number of hydrogen-bond acceptors (Lipinski definition) is 0. The summed E-state index contributed by atoms with van der Waals surface area (Å²) >= 11 is 3.85. The molecule has 62 valence electrons. The van der Waals surface area contributed by atoms with E-state index in [4.69, 9.17) is 0 Å². The summed E-state index contributed by atoms with van der Waals surface area (Å²) in [4.78, 5) is 0. The first-order valence-corrected chi connectivity index (χ1v) is 9.57. The lowest BCUT2D eigenvalue weighted by atomic mass is 10.00. The van der Waals surface area contributed by atoms with Gasteiger partial charge >= 0.3 is 18.2 Å². The minimum atomic E-state index is 0.0877. The molecule has 0 spiro atoms. The molecule has 0 saturated heterocycles. The highest BCUT2D eigenvalue weighted by Gasteiger charge is 2.32. The quantitative estimate of drug-likeness (QED) is 0.648. The molecule has 0 nitrogen and oxygen atoms in total. The number of halogens is 1. The first-order chi connectivity index (χ1) is 5.29. The third-order valence-electron chi connectivity index (χ3n) is 3.17. The summed E-state index contributed by atoms with van der Waals surface area (Å²) in [5, 5.41) is 0. The molecular weight excluding hydrogens is 212 g/mol. The van der Waals surface area contributed by atoms with Gasteiger partial charge in [0.2, 0.25) is 0 Å². The van der Waals surface area contributed by atoms with Gasteiger partial charge in [-0.2, -0.15) is 0 Å². The highest BCUT2D eigenvalue weighted by molar-refractivity contribution is 9.23. The van der Waals surface area contributed by atoms with Crippen molar-refractivity contribution < 1.29 is 0 Å². The van der Waals surface area contributed by atoms with Crippen LogP contribution >= 0.6 is 12.9 Å². The van der Waals surface area contributed by atoms with Gasteiger partial charge in [0.15, 0.2) is 0 Å². The predicted octanol–water partition coefficient (Wildman–Crippen LogP) is 3.64. The van der Waals surface area contributed by atoms with Crippen molar-refractivity contribution in [2.75, 3.05) is 0 Å². The van der Waals surface area contributed by atoms with Crippen LogP contribution in [0.4, 0.5) is 0 Å². The lowest BCUT2D eigenvalue weighted by molar-refractivity contribution is 0.474. The summed E-state index contributed by atoms with van der Waals surface area (Å²) in [6.45, 7) is 4.75. The number of hydrogen-bond donors (Lipinski definition) is 0. The van der Waals surface area contributed by atoms with Crippen molar-refractivity contribution in [2.24, 2.45) is 11.8 Å². The Bertz CT molecular complexity index is 114. The van der Waals surface area contributed by atoms with Gasteiger partial charge in [-0.1, -0.05) is 51.4 Å². The predicted molar refractivity (Wildman–Crippen MR) is 55.2 cm³/mol. The molecular formula is C9H17BrMg. The summed E-state index contributed by atoms with van der Waals surface area (Å²) in [6.07, 6.45) is 5.87. The van der Waals surface area contributed by atoms with Gasteiger partial charge in [-0.05, 0) is 0 Å². The molecule has 1 fully saturated rings. The van der Waals surface area contributed by atoms with Gasteiger partial charge in [-0.15, -0.1) is 4.05 Å². The molecule has 0 aromatic heterocycles. The van der Waals surface area contributed by atoms with Gasteiger partial charge < -0.3 is 12.9 Å². The Morgan fingerprint density at radius 2 is 2.18 bits per heavy atom. The average molecular weight is 229 g/mol. The van der Waals surface area contributed by atoms with Crippen LogP contribution < -0.4 is 0 Å². The molecule has 11 heavy (non-hydrogen) atoms. The van der Waals surface area contributed by atoms with E-state index in [9.17, 15) is 0 Å². The second-order valence-electron chi connectivity index (χ2n) is 3.92. The van der Waals surface area contributed by atoms with E-state index in [1.807, 2.05) is 0 Å². The van der Waals surface area contributed by atoms with E-state index >= 15 is 0 Å². The smallest absolute Gasteiger partial charge is 0.306 e. The molecule has 1 saturated carbocycles. The van der Waals surface area contributed by atoms with Gasteiger partial charge in [0.25, 0.3) is 0 Å². The first kappa shape index (κ1) is 10.3. The average Bonchev–Trinajstić information content (AvgIpc) is 2.33. The van der Waals surface area contributed by atoms with E-state index in [-0.39, 0.29) is 18.2 Å². The fourth-order valence-electron chi connectivity index (χ4n) is 2.38. The molecule has 1 rings (SSSR count). The maximum atomic E-state index is 3.77. The van der Waals surface area contributed by atoms with E-state index in [0.29, 0.717) is 0 Å². The molecule has 0 aromatic rings. The highest BCUT2D eigenvalue weighted by Crippen LogP contribution is 2.43. The lowest BCUT2D eigenvalue weighted by Crippen LogP contribution is -2.10. The standard InChI is InChI=1S/C9H17.BrH.Mg/c1-3-4-9-6-5-8(2)7-9;;/h7-9H,3-6H2,1-2H3;1H;/q;;+1/p-1. The summed E-state index contributed by atoms with van der Waals surface area (Å²) in [5.41, 5.74) is 0. The van der Waals surface area contributed by atoms with Crippen LogP contribution in [-0.2, 0) is 0 Å². The van der Waals surface area contributed by atoms with Crippen molar-refractivity contribution in [3.63, 3.8) is 0 Å². The largest absolute Gasteiger partial charge is 0.472 e. The maximum Gasteiger partial charge on any atom is 0.472 e. The van der Waals surface area contributed by atoms with Crippen molar-refractivity contribution in [2.45, 2.75) is 43.6 Å². The van der Waals surface area contributed by atoms with E-state index < -0.39 is 0 Å². The van der Waals surface area contributed by atoms with Gasteiger partial charge in [-0.3, -0.25) is 0 Å². The monoisotopic (exact) mass is 228 g/mol. The zero-order valence-corrected chi connectivity index (χ0v) is 10.6. The van der Waals surface area contributed by atoms with E-state index in [1.165, 1.54) is 25.7 Å². The van der Waals surface area contributed by atoms with Gasteiger partial charge in [0.1, 0.15) is 0 Å².